The highest BCUT2D eigenvalue weighted by Crippen LogP contribution is 2.39. The Bertz CT molecular complexity index is 602. The van der Waals surface area contributed by atoms with Crippen molar-refractivity contribution in [3.05, 3.63) is 23.5 Å². The fourth-order valence-corrected chi connectivity index (χ4v) is 1.92. The Morgan fingerprint density at radius 3 is 2.61 bits per heavy atom. The van der Waals surface area contributed by atoms with Crippen molar-refractivity contribution in [2.45, 2.75) is 5.88 Å². The number of fused-ring (bicyclic) bond motifs is 1. The summed E-state index contributed by atoms with van der Waals surface area (Å²) in [5, 5.41) is 9.62. The van der Waals surface area contributed by atoms with Gasteiger partial charge in [0.2, 0.25) is 5.75 Å². The van der Waals surface area contributed by atoms with Crippen LogP contribution in [-0.4, -0.2) is 25.3 Å². The Balaban J connectivity index is 2.85. The summed E-state index contributed by atoms with van der Waals surface area (Å²) in [6.45, 7) is 0. The lowest BCUT2D eigenvalue weighted by molar-refractivity contribution is 0.0698. The van der Waals surface area contributed by atoms with Crippen molar-refractivity contribution < 1.29 is 23.8 Å². The highest BCUT2D eigenvalue weighted by Gasteiger charge is 2.21. The van der Waals surface area contributed by atoms with Crippen molar-refractivity contribution in [2.24, 2.45) is 0 Å². The Morgan fingerprint density at radius 2 is 2.11 bits per heavy atom. The Kier molecular flexibility index (Phi) is 3.34. The summed E-state index contributed by atoms with van der Waals surface area (Å²) in [6, 6.07) is 2.99. The summed E-state index contributed by atoms with van der Waals surface area (Å²) in [5.41, 5.74) is 0.410. The van der Waals surface area contributed by atoms with Crippen molar-refractivity contribution in [2.75, 3.05) is 14.2 Å². The highest BCUT2D eigenvalue weighted by molar-refractivity contribution is 6.17. The second-order valence-corrected chi connectivity index (χ2v) is 3.82. The van der Waals surface area contributed by atoms with Gasteiger partial charge in [-0.05, 0) is 12.1 Å². The number of carboxylic acid groups (broad SMARTS) is 1. The number of alkyl halides is 1. The van der Waals surface area contributed by atoms with Gasteiger partial charge >= 0.3 is 5.97 Å². The molecule has 96 valence electrons. The number of methoxy groups -OCH3 is 2. The maximum atomic E-state index is 11.2. The molecule has 0 aliphatic rings. The average molecular weight is 271 g/mol. The van der Waals surface area contributed by atoms with E-state index in [1.807, 2.05) is 0 Å². The van der Waals surface area contributed by atoms with E-state index in [-0.39, 0.29) is 11.4 Å². The predicted octanol–water partition coefficient (Wildman–Crippen LogP) is 2.89. The zero-order valence-corrected chi connectivity index (χ0v) is 10.6. The van der Waals surface area contributed by atoms with E-state index in [2.05, 4.69) is 0 Å². The van der Waals surface area contributed by atoms with E-state index < -0.39 is 5.97 Å². The molecule has 0 saturated heterocycles. The molecule has 0 radical (unpaired) electrons. The number of benzene rings is 1. The van der Waals surface area contributed by atoms with E-state index in [9.17, 15) is 9.90 Å². The second kappa shape index (κ2) is 4.78. The molecule has 0 fully saturated rings. The third-order valence-electron chi connectivity index (χ3n) is 2.56. The molecule has 0 saturated carbocycles. The molecule has 18 heavy (non-hydrogen) atoms. The van der Waals surface area contributed by atoms with Crippen LogP contribution in [0.25, 0.3) is 11.0 Å². The molecular weight excluding hydrogens is 260 g/mol. The van der Waals surface area contributed by atoms with Gasteiger partial charge in [0.25, 0.3) is 0 Å². The Labute approximate surface area is 108 Å². The topological polar surface area (TPSA) is 68.9 Å². The van der Waals surface area contributed by atoms with E-state index in [0.717, 1.165) is 0 Å². The van der Waals surface area contributed by atoms with Crippen LogP contribution in [0.3, 0.4) is 0 Å². The number of ether oxygens (including phenoxy) is 2. The molecule has 5 nitrogen and oxygen atoms in total. The van der Waals surface area contributed by atoms with Crippen molar-refractivity contribution >= 4 is 28.5 Å². The molecule has 2 rings (SSSR count). The van der Waals surface area contributed by atoms with Crippen LogP contribution < -0.4 is 9.47 Å². The molecule has 1 aromatic carbocycles. The van der Waals surface area contributed by atoms with E-state index in [0.29, 0.717) is 28.2 Å². The number of carbonyl (C=O) groups is 1. The summed E-state index contributed by atoms with van der Waals surface area (Å²) in [5.74, 6) is 0.217. The van der Waals surface area contributed by atoms with Gasteiger partial charge in [-0.25, -0.2) is 4.79 Å². The maximum absolute atomic E-state index is 11.2. The van der Waals surface area contributed by atoms with Crippen molar-refractivity contribution in [3.8, 4) is 11.5 Å². The zero-order chi connectivity index (χ0) is 13.3. The highest BCUT2D eigenvalue weighted by atomic mass is 35.5. The normalized spacial score (nSPS) is 10.6. The zero-order valence-electron chi connectivity index (χ0n) is 9.82. The maximum Gasteiger partial charge on any atom is 0.336 e. The third kappa shape index (κ3) is 1.86. The smallest absolute Gasteiger partial charge is 0.336 e. The van der Waals surface area contributed by atoms with Crippen LogP contribution >= 0.6 is 11.6 Å². The fourth-order valence-electron chi connectivity index (χ4n) is 1.78. The number of halogens is 1. The van der Waals surface area contributed by atoms with Gasteiger partial charge in [-0.15, -0.1) is 11.6 Å². The van der Waals surface area contributed by atoms with Crippen LogP contribution in [0.15, 0.2) is 16.5 Å². The molecule has 0 spiro atoms. The molecular formula is C12H11ClO5. The lowest BCUT2D eigenvalue weighted by Crippen LogP contribution is -1.99. The molecule has 1 aromatic heterocycles. The molecule has 0 atom stereocenters. The first-order chi connectivity index (χ1) is 8.62. The molecule has 2 aromatic rings. The minimum atomic E-state index is -1.07. The lowest BCUT2D eigenvalue weighted by atomic mass is 10.1. The van der Waals surface area contributed by atoms with Gasteiger partial charge in [0.05, 0.1) is 25.7 Å². The summed E-state index contributed by atoms with van der Waals surface area (Å²) < 4.78 is 15.8. The molecule has 1 heterocycles. The van der Waals surface area contributed by atoms with Gasteiger partial charge < -0.3 is 19.0 Å². The van der Waals surface area contributed by atoms with Gasteiger partial charge in [-0.2, -0.15) is 0 Å². The standard InChI is InChI=1S/C12H11ClO5/c1-16-9-4-8(12(14)15)7-3-6(5-13)18-10(7)11(9)17-2/h3-4H,5H2,1-2H3,(H,14,15). The number of hydrogen-bond donors (Lipinski definition) is 1. The molecule has 0 aliphatic carbocycles. The van der Waals surface area contributed by atoms with Gasteiger partial charge in [-0.1, -0.05) is 0 Å². The monoisotopic (exact) mass is 270 g/mol. The number of aromatic carboxylic acids is 1. The van der Waals surface area contributed by atoms with Crippen LogP contribution in [0, 0.1) is 0 Å². The van der Waals surface area contributed by atoms with Gasteiger partial charge in [0.15, 0.2) is 11.3 Å². The SMILES string of the molecule is COc1cc(C(=O)O)c2cc(CCl)oc2c1OC. The average Bonchev–Trinajstić information content (AvgIpc) is 2.79. The Morgan fingerprint density at radius 1 is 1.39 bits per heavy atom. The van der Waals surface area contributed by atoms with Gasteiger partial charge in [0, 0.05) is 5.39 Å². The molecule has 0 aliphatic heterocycles. The van der Waals surface area contributed by atoms with Crippen LogP contribution in [0.4, 0.5) is 0 Å². The second-order valence-electron chi connectivity index (χ2n) is 3.55. The first kappa shape index (κ1) is 12.6. The molecule has 0 bridgehead atoms. The van der Waals surface area contributed by atoms with Crippen molar-refractivity contribution in [1.82, 2.24) is 0 Å². The largest absolute Gasteiger partial charge is 0.493 e. The number of carboxylic acids is 1. The lowest BCUT2D eigenvalue weighted by Gasteiger charge is -2.09. The van der Waals surface area contributed by atoms with Crippen molar-refractivity contribution in [1.29, 1.82) is 0 Å². The Hall–Kier alpha value is -1.88. The molecule has 1 N–H and O–H groups in total. The quantitative estimate of drug-likeness (QED) is 0.865. The third-order valence-corrected chi connectivity index (χ3v) is 2.83. The molecule has 0 unspecified atom stereocenters. The molecule has 0 amide bonds. The van der Waals surface area contributed by atoms with Crippen LogP contribution in [0.2, 0.25) is 0 Å². The fraction of sp³-hybridized carbons (Fsp3) is 0.250. The van der Waals surface area contributed by atoms with Crippen LogP contribution in [0.5, 0.6) is 11.5 Å². The van der Waals surface area contributed by atoms with Crippen molar-refractivity contribution in [3.63, 3.8) is 0 Å². The minimum Gasteiger partial charge on any atom is -0.493 e. The number of rotatable bonds is 4. The first-order valence-electron chi connectivity index (χ1n) is 5.09. The van der Waals surface area contributed by atoms with Gasteiger partial charge in [0.1, 0.15) is 5.76 Å². The summed E-state index contributed by atoms with van der Waals surface area (Å²) >= 11 is 5.69. The predicted molar refractivity (Wildman–Crippen MR) is 65.8 cm³/mol. The van der Waals surface area contributed by atoms with E-state index in [4.69, 9.17) is 25.5 Å². The summed E-state index contributed by atoms with van der Waals surface area (Å²) in [4.78, 5) is 11.2. The number of hydrogen-bond acceptors (Lipinski definition) is 4. The van der Waals surface area contributed by atoms with Gasteiger partial charge in [-0.3, -0.25) is 0 Å². The van der Waals surface area contributed by atoms with E-state index in [1.165, 1.54) is 20.3 Å². The van der Waals surface area contributed by atoms with Crippen LogP contribution in [-0.2, 0) is 5.88 Å². The number of furan rings is 1. The molecule has 6 heteroatoms. The minimum absolute atomic E-state index is 0.0859. The summed E-state index contributed by atoms with van der Waals surface area (Å²) in [7, 11) is 2.89. The van der Waals surface area contributed by atoms with E-state index >= 15 is 0 Å². The first-order valence-corrected chi connectivity index (χ1v) is 5.62. The van der Waals surface area contributed by atoms with Crippen LogP contribution in [0.1, 0.15) is 16.1 Å². The van der Waals surface area contributed by atoms with E-state index in [1.54, 1.807) is 6.07 Å². The summed E-state index contributed by atoms with van der Waals surface area (Å²) in [6.07, 6.45) is 0.